The predicted molar refractivity (Wildman–Crippen MR) is 98.8 cm³/mol. The van der Waals surface area contributed by atoms with Crippen LogP contribution in [0.1, 0.15) is 6.42 Å². The maximum Gasteiger partial charge on any atom is 0.252 e. The molecule has 0 saturated carbocycles. The van der Waals surface area contributed by atoms with Gasteiger partial charge in [0.05, 0.1) is 34.9 Å². The molecule has 0 radical (unpaired) electrons. The van der Waals surface area contributed by atoms with E-state index in [0.29, 0.717) is 13.2 Å². The van der Waals surface area contributed by atoms with Gasteiger partial charge in [0.25, 0.3) is 5.91 Å². The normalized spacial score (nSPS) is 14.9. The third-order valence-corrected chi connectivity index (χ3v) is 5.78. The third kappa shape index (κ3) is 5.26. The van der Waals surface area contributed by atoms with Gasteiger partial charge < -0.3 is 10.1 Å². The van der Waals surface area contributed by atoms with E-state index in [1.54, 1.807) is 6.07 Å². The summed E-state index contributed by atoms with van der Waals surface area (Å²) in [7, 11) is -3.68. The standard InChI is InChI=1S/C14H16ClN5O4S2/c15-11-2-1-10(26(22,23)20-5-7-24-8-6-20)9-12(11)17-14(25)19-18-13(21)3-4-16/h1-2,9H,3,5-8H2,(H,18,21)(H2,17,19,25). The van der Waals surface area contributed by atoms with Gasteiger partial charge in [0.15, 0.2) is 5.11 Å². The summed E-state index contributed by atoms with van der Waals surface area (Å²) < 4.78 is 31.9. The Bertz CT molecular complexity index is 834. The molecule has 1 aliphatic rings. The zero-order valence-electron chi connectivity index (χ0n) is 13.5. The Morgan fingerprint density at radius 3 is 2.69 bits per heavy atom. The van der Waals surface area contributed by atoms with E-state index in [1.807, 2.05) is 0 Å². The number of nitrogens with zero attached hydrogens (tertiary/aromatic N) is 2. The predicted octanol–water partition coefficient (Wildman–Crippen LogP) is 0.592. The topological polar surface area (TPSA) is 124 Å². The Morgan fingerprint density at radius 2 is 2.04 bits per heavy atom. The first-order valence-corrected chi connectivity index (χ1v) is 9.67. The van der Waals surface area contributed by atoms with E-state index in [0.717, 1.165) is 0 Å². The van der Waals surface area contributed by atoms with Crippen LogP contribution in [0.2, 0.25) is 5.02 Å². The highest BCUT2D eigenvalue weighted by Crippen LogP contribution is 2.27. The summed E-state index contributed by atoms with van der Waals surface area (Å²) in [5.74, 6) is -0.564. The van der Waals surface area contributed by atoms with E-state index in [2.05, 4.69) is 16.2 Å². The molecule has 1 aromatic carbocycles. The van der Waals surface area contributed by atoms with Crippen molar-refractivity contribution in [1.29, 1.82) is 5.26 Å². The molecule has 9 nitrogen and oxygen atoms in total. The van der Waals surface area contributed by atoms with Gasteiger partial charge in [0.2, 0.25) is 10.0 Å². The molecule has 1 heterocycles. The van der Waals surface area contributed by atoms with Crippen molar-refractivity contribution in [3.05, 3.63) is 23.2 Å². The van der Waals surface area contributed by atoms with Crippen molar-refractivity contribution in [3.8, 4) is 6.07 Å². The Labute approximate surface area is 161 Å². The number of sulfonamides is 1. The maximum absolute atomic E-state index is 12.7. The molecule has 0 aliphatic carbocycles. The lowest BCUT2D eigenvalue weighted by Gasteiger charge is -2.26. The van der Waals surface area contributed by atoms with E-state index in [4.69, 9.17) is 33.8 Å². The van der Waals surface area contributed by atoms with Crippen LogP contribution in [0.4, 0.5) is 5.69 Å². The summed E-state index contributed by atoms with van der Waals surface area (Å²) >= 11 is 11.1. The summed E-state index contributed by atoms with van der Waals surface area (Å²) in [5, 5.41) is 11.4. The van der Waals surface area contributed by atoms with Crippen LogP contribution < -0.4 is 16.2 Å². The fraction of sp³-hybridized carbons (Fsp3) is 0.357. The number of hydrazine groups is 1. The summed E-state index contributed by atoms with van der Waals surface area (Å²) in [5.41, 5.74) is 4.88. The van der Waals surface area contributed by atoms with Gasteiger partial charge in [-0.15, -0.1) is 0 Å². The van der Waals surface area contributed by atoms with E-state index < -0.39 is 15.9 Å². The van der Waals surface area contributed by atoms with Crippen molar-refractivity contribution >= 4 is 50.5 Å². The number of morpholine rings is 1. The molecule has 0 unspecified atom stereocenters. The number of thiocarbonyl (C=S) groups is 1. The Kier molecular flexibility index (Phi) is 7.13. The van der Waals surface area contributed by atoms with Gasteiger partial charge in [0, 0.05) is 13.1 Å². The Hall–Kier alpha value is -1.97. The maximum atomic E-state index is 12.7. The average Bonchev–Trinajstić information content (AvgIpc) is 2.62. The number of anilines is 1. The van der Waals surface area contributed by atoms with Crippen LogP contribution >= 0.6 is 23.8 Å². The number of nitriles is 1. The van der Waals surface area contributed by atoms with Crippen LogP contribution in [-0.4, -0.2) is 50.0 Å². The highest BCUT2D eigenvalue weighted by atomic mass is 35.5. The molecular weight excluding hydrogens is 402 g/mol. The van der Waals surface area contributed by atoms with Crippen molar-refractivity contribution in [2.75, 3.05) is 31.6 Å². The SMILES string of the molecule is N#CCC(=O)NNC(=S)Nc1cc(S(=O)(=O)N2CCOCC2)ccc1Cl. The number of halogens is 1. The molecule has 1 aliphatic heterocycles. The highest BCUT2D eigenvalue weighted by Gasteiger charge is 2.27. The molecule has 3 N–H and O–H groups in total. The van der Waals surface area contributed by atoms with Crippen molar-refractivity contribution in [3.63, 3.8) is 0 Å². The number of nitrogens with one attached hydrogen (secondary N) is 3. The van der Waals surface area contributed by atoms with E-state index in [9.17, 15) is 13.2 Å². The number of hydrogen-bond acceptors (Lipinski definition) is 6. The van der Waals surface area contributed by atoms with Gasteiger partial charge in [-0.2, -0.15) is 9.57 Å². The molecule has 1 fully saturated rings. The average molecular weight is 418 g/mol. The minimum Gasteiger partial charge on any atom is -0.379 e. The first-order chi connectivity index (χ1) is 12.3. The first-order valence-electron chi connectivity index (χ1n) is 7.45. The fourth-order valence-corrected chi connectivity index (χ4v) is 3.85. The first kappa shape index (κ1) is 20.3. The smallest absolute Gasteiger partial charge is 0.252 e. The Balaban J connectivity index is 2.10. The molecule has 12 heteroatoms. The molecule has 2 rings (SSSR count). The molecule has 1 amide bonds. The highest BCUT2D eigenvalue weighted by molar-refractivity contribution is 7.89. The van der Waals surface area contributed by atoms with Crippen molar-refractivity contribution in [1.82, 2.24) is 15.2 Å². The third-order valence-electron chi connectivity index (χ3n) is 3.35. The Morgan fingerprint density at radius 1 is 1.35 bits per heavy atom. The van der Waals surface area contributed by atoms with Crippen LogP contribution in [0, 0.1) is 11.3 Å². The van der Waals surface area contributed by atoms with Gasteiger partial charge in [-0.1, -0.05) is 11.6 Å². The molecule has 0 spiro atoms. The molecule has 1 saturated heterocycles. The van der Waals surface area contributed by atoms with Gasteiger partial charge in [-0.25, -0.2) is 8.42 Å². The summed E-state index contributed by atoms with van der Waals surface area (Å²) in [4.78, 5) is 11.3. The minimum atomic E-state index is -3.68. The number of ether oxygens (including phenoxy) is 1. The molecule has 0 bridgehead atoms. The second-order valence-electron chi connectivity index (χ2n) is 5.12. The largest absolute Gasteiger partial charge is 0.379 e. The second-order valence-corrected chi connectivity index (χ2v) is 7.87. The van der Waals surface area contributed by atoms with Gasteiger partial charge >= 0.3 is 0 Å². The van der Waals surface area contributed by atoms with Crippen LogP contribution in [0.15, 0.2) is 23.1 Å². The molecule has 0 aromatic heterocycles. The zero-order valence-corrected chi connectivity index (χ0v) is 15.9. The lowest BCUT2D eigenvalue weighted by atomic mass is 10.3. The van der Waals surface area contributed by atoms with E-state index >= 15 is 0 Å². The van der Waals surface area contributed by atoms with Crippen LogP contribution in [0.5, 0.6) is 0 Å². The van der Waals surface area contributed by atoms with Crippen LogP contribution in [-0.2, 0) is 19.6 Å². The molecule has 140 valence electrons. The van der Waals surface area contributed by atoms with Gasteiger partial charge in [0.1, 0.15) is 6.42 Å². The minimum absolute atomic E-state index is 0.0147. The number of carbonyl (C=O) groups is 1. The monoisotopic (exact) mass is 417 g/mol. The molecule has 26 heavy (non-hydrogen) atoms. The number of amides is 1. The lowest BCUT2D eigenvalue weighted by molar-refractivity contribution is -0.120. The molecule has 0 atom stereocenters. The number of benzene rings is 1. The van der Waals surface area contributed by atoms with E-state index in [-0.39, 0.29) is 40.2 Å². The van der Waals surface area contributed by atoms with Crippen molar-refractivity contribution in [2.45, 2.75) is 11.3 Å². The number of rotatable bonds is 4. The number of hydrogen-bond donors (Lipinski definition) is 3. The van der Waals surface area contributed by atoms with Crippen LogP contribution in [0.25, 0.3) is 0 Å². The summed E-state index contributed by atoms with van der Waals surface area (Å²) in [6.45, 7) is 1.24. The quantitative estimate of drug-likeness (QED) is 0.480. The van der Waals surface area contributed by atoms with Crippen molar-refractivity contribution in [2.24, 2.45) is 0 Å². The lowest BCUT2D eigenvalue weighted by Crippen LogP contribution is -2.43. The van der Waals surface area contributed by atoms with Gasteiger partial charge in [-0.05, 0) is 30.4 Å². The zero-order chi connectivity index (χ0) is 19.2. The summed E-state index contributed by atoms with van der Waals surface area (Å²) in [6, 6.07) is 5.89. The van der Waals surface area contributed by atoms with Crippen LogP contribution in [0.3, 0.4) is 0 Å². The van der Waals surface area contributed by atoms with Gasteiger partial charge in [-0.3, -0.25) is 15.6 Å². The van der Waals surface area contributed by atoms with E-state index in [1.165, 1.54) is 22.5 Å². The summed E-state index contributed by atoms with van der Waals surface area (Å²) in [6.07, 6.45) is -0.330. The fourth-order valence-electron chi connectivity index (χ4n) is 2.09. The van der Waals surface area contributed by atoms with Crippen molar-refractivity contribution < 1.29 is 17.9 Å². The number of carbonyl (C=O) groups excluding carboxylic acids is 1. The second kappa shape index (κ2) is 9.11. The molecule has 1 aromatic rings. The molecular formula is C14H16ClN5O4S2.